The topological polar surface area (TPSA) is 62.2 Å². The zero-order chi connectivity index (χ0) is 27.8. The molecule has 2 aromatic heterocycles. The van der Waals surface area contributed by atoms with Crippen LogP contribution in [0.4, 0.5) is 11.4 Å². The molecule has 1 aliphatic rings. The van der Waals surface area contributed by atoms with Crippen molar-refractivity contribution in [2.45, 2.75) is 46.7 Å². The molecule has 1 aliphatic heterocycles. The molecule has 3 heterocycles. The molecule has 2 aromatic carbocycles. The maximum Gasteiger partial charge on any atom is 0.226 e. The van der Waals surface area contributed by atoms with Gasteiger partial charge in [0, 0.05) is 34.9 Å². The second-order valence-electron chi connectivity index (χ2n) is 10.3. The lowest BCUT2D eigenvalue weighted by Crippen LogP contribution is -2.29. The second-order valence-corrected chi connectivity index (χ2v) is 11.0. The predicted molar refractivity (Wildman–Crippen MR) is 163 cm³/mol. The lowest BCUT2D eigenvalue weighted by molar-refractivity contribution is -0.118. The van der Waals surface area contributed by atoms with Crippen LogP contribution in [0.15, 0.2) is 72.9 Å². The van der Waals surface area contributed by atoms with Crippen molar-refractivity contribution in [2.24, 2.45) is 5.92 Å². The molecular weight excluding hydrogens is 526 g/mol. The lowest BCUT2D eigenvalue weighted by atomic mass is 9.96. The van der Waals surface area contributed by atoms with Crippen LogP contribution in [0.3, 0.4) is 0 Å². The van der Waals surface area contributed by atoms with E-state index in [1.165, 1.54) is 0 Å². The van der Waals surface area contributed by atoms with E-state index in [1.54, 1.807) is 0 Å². The van der Waals surface area contributed by atoms with Crippen molar-refractivity contribution in [3.63, 3.8) is 0 Å². The molecule has 0 unspecified atom stereocenters. The third-order valence-corrected chi connectivity index (χ3v) is 7.88. The van der Waals surface area contributed by atoms with Crippen LogP contribution in [0.5, 0.6) is 0 Å². The number of carbonyl (C=O) groups excluding carboxylic acids is 1. The number of pyridine rings is 1. The predicted octanol–water partition coefficient (Wildman–Crippen LogP) is 7.22. The first-order valence-electron chi connectivity index (χ1n) is 13.0. The average Bonchev–Trinajstić information content (AvgIpc) is 3.41. The number of anilines is 2. The summed E-state index contributed by atoms with van der Waals surface area (Å²) < 4.78 is 2.20. The zero-order valence-electron chi connectivity index (χ0n) is 22.7. The van der Waals surface area contributed by atoms with E-state index < -0.39 is 0 Å². The summed E-state index contributed by atoms with van der Waals surface area (Å²) in [5.41, 5.74) is 7.85. The first-order valence-corrected chi connectivity index (χ1v) is 13.8. The molecule has 6 nitrogen and oxygen atoms in total. The minimum absolute atomic E-state index is 0.00989. The highest BCUT2D eigenvalue weighted by molar-refractivity contribution is 7.80. The minimum Gasteiger partial charge on any atom is -0.351 e. The summed E-state index contributed by atoms with van der Waals surface area (Å²) in [7, 11) is 0. The standard InChI is InChI=1S/C31H32ClN5OS/c1-18(2)30(38)34-25-14-13-22(16-19(25)3)37-29(28(35-31(37)39)26-11-8-9-15-33-26)23-17-20(4)36(21(23)5)27-12-7-6-10-24(27)32/h6-18,28-29H,1-5H3,(H,34,38)(H,35,39)/t28-,29+/m0/s1. The number of halogens is 1. The molecule has 0 spiro atoms. The minimum atomic E-state index is -0.167. The van der Waals surface area contributed by atoms with Gasteiger partial charge in [0.15, 0.2) is 5.11 Å². The number of carbonyl (C=O) groups is 1. The van der Waals surface area contributed by atoms with E-state index in [-0.39, 0.29) is 23.9 Å². The second kappa shape index (κ2) is 10.8. The molecule has 0 radical (unpaired) electrons. The van der Waals surface area contributed by atoms with Gasteiger partial charge in [-0.05, 0) is 92.6 Å². The largest absolute Gasteiger partial charge is 0.351 e. The summed E-state index contributed by atoms with van der Waals surface area (Å²) >= 11 is 12.6. The Kier molecular flexibility index (Phi) is 7.47. The normalized spacial score (nSPS) is 17.0. The van der Waals surface area contributed by atoms with Gasteiger partial charge >= 0.3 is 0 Å². The van der Waals surface area contributed by atoms with Gasteiger partial charge in [0.2, 0.25) is 5.91 Å². The molecule has 2 atom stereocenters. The van der Waals surface area contributed by atoms with Gasteiger partial charge in [0.05, 0.1) is 28.5 Å². The van der Waals surface area contributed by atoms with E-state index in [0.29, 0.717) is 10.1 Å². The van der Waals surface area contributed by atoms with Crippen molar-refractivity contribution in [1.29, 1.82) is 0 Å². The monoisotopic (exact) mass is 557 g/mol. The number of aromatic nitrogens is 2. The van der Waals surface area contributed by atoms with Gasteiger partial charge in [-0.3, -0.25) is 9.78 Å². The average molecular weight is 558 g/mol. The number of hydrogen-bond donors (Lipinski definition) is 2. The number of rotatable bonds is 6. The molecule has 1 amide bonds. The van der Waals surface area contributed by atoms with Crippen LogP contribution in [0.1, 0.15) is 54.1 Å². The third-order valence-electron chi connectivity index (χ3n) is 7.25. The van der Waals surface area contributed by atoms with Gasteiger partial charge in [-0.1, -0.05) is 43.6 Å². The Morgan fingerprint density at radius 1 is 1.05 bits per heavy atom. The van der Waals surface area contributed by atoms with Crippen molar-refractivity contribution in [3.8, 4) is 5.69 Å². The molecule has 5 rings (SSSR count). The number of aryl methyl sites for hydroxylation is 2. The Morgan fingerprint density at radius 3 is 2.46 bits per heavy atom. The van der Waals surface area contributed by atoms with E-state index >= 15 is 0 Å². The van der Waals surface area contributed by atoms with Crippen molar-refractivity contribution in [2.75, 3.05) is 10.2 Å². The summed E-state index contributed by atoms with van der Waals surface area (Å²) in [6.45, 7) is 9.98. The number of thiocarbonyl (C=S) groups is 1. The lowest BCUT2D eigenvalue weighted by Gasteiger charge is -2.29. The highest BCUT2D eigenvalue weighted by atomic mass is 35.5. The molecule has 0 bridgehead atoms. The first kappa shape index (κ1) is 26.9. The third kappa shape index (κ3) is 5.04. The number of benzene rings is 2. The van der Waals surface area contributed by atoms with Crippen LogP contribution < -0.4 is 15.5 Å². The molecule has 2 N–H and O–H groups in total. The van der Waals surface area contributed by atoms with Crippen molar-refractivity contribution >= 4 is 46.2 Å². The van der Waals surface area contributed by atoms with Crippen molar-refractivity contribution in [3.05, 3.63) is 106 Å². The van der Waals surface area contributed by atoms with Gasteiger partial charge < -0.3 is 20.1 Å². The molecule has 1 fully saturated rings. The summed E-state index contributed by atoms with van der Waals surface area (Å²) in [4.78, 5) is 19.2. The molecule has 4 aromatic rings. The van der Waals surface area contributed by atoms with Crippen molar-refractivity contribution in [1.82, 2.24) is 14.9 Å². The van der Waals surface area contributed by atoms with Gasteiger partial charge in [-0.25, -0.2) is 0 Å². The zero-order valence-corrected chi connectivity index (χ0v) is 24.3. The van der Waals surface area contributed by atoms with E-state index in [1.807, 2.05) is 81.6 Å². The van der Waals surface area contributed by atoms with Crippen LogP contribution in [0.2, 0.25) is 5.02 Å². The van der Waals surface area contributed by atoms with Crippen LogP contribution >= 0.6 is 23.8 Å². The maximum absolute atomic E-state index is 12.3. The van der Waals surface area contributed by atoms with E-state index in [9.17, 15) is 4.79 Å². The molecule has 1 saturated heterocycles. The number of amides is 1. The van der Waals surface area contributed by atoms with Gasteiger partial charge in [0.1, 0.15) is 0 Å². The van der Waals surface area contributed by atoms with Crippen LogP contribution in [-0.4, -0.2) is 20.6 Å². The summed E-state index contributed by atoms with van der Waals surface area (Å²) in [5.74, 6) is -0.111. The Balaban J connectivity index is 1.63. The van der Waals surface area contributed by atoms with Crippen LogP contribution in [0, 0.1) is 26.7 Å². The first-order chi connectivity index (χ1) is 18.7. The van der Waals surface area contributed by atoms with Crippen molar-refractivity contribution < 1.29 is 4.79 Å². The van der Waals surface area contributed by atoms with Crippen LogP contribution in [0.25, 0.3) is 5.69 Å². The quantitative estimate of drug-likeness (QED) is 0.245. The maximum atomic E-state index is 12.3. The Morgan fingerprint density at radius 2 is 1.79 bits per heavy atom. The Bertz CT molecular complexity index is 1550. The molecule has 200 valence electrons. The number of nitrogens with one attached hydrogen (secondary N) is 2. The molecule has 0 aliphatic carbocycles. The molecule has 8 heteroatoms. The summed E-state index contributed by atoms with van der Waals surface area (Å²) in [6.07, 6.45) is 1.81. The number of hydrogen-bond acceptors (Lipinski definition) is 3. The molecule has 39 heavy (non-hydrogen) atoms. The summed E-state index contributed by atoms with van der Waals surface area (Å²) in [6, 6.07) is 21.7. The summed E-state index contributed by atoms with van der Waals surface area (Å²) in [5, 5.41) is 7.89. The van der Waals surface area contributed by atoms with Gasteiger partial charge in [-0.15, -0.1) is 0 Å². The fourth-order valence-electron chi connectivity index (χ4n) is 5.25. The highest BCUT2D eigenvalue weighted by Gasteiger charge is 2.42. The Labute approximate surface area is 240 Å². The number of para-hydroxylation sites is 1. The van der Waals surface area contributed by atoms with Crippen LogP contribution in [-0.2, 0) is 4.79 Å². The van der Waals surface area contributed by atoms with Gasteiger partial charge in [0.25, 0.3) is 0 Å². The van der Waals surface area contributed by atoms with E-state index in [2.05, 4.69) is 51.1 Å². The van der Waals surface area contributed by atoms with E-state index in [4.69, 9.17) is 23.8 Å². The smallest absolute Gasteiger partial charge is 0.226 e. The highest BCUT2D eigenvalue weighted by Crippen LogP contribution is 2.44. The van der Waals surface area contributed by atoms with E-state index in [0.717, 1.165) is 45.3 Å². The Hall–Kier alpha value is -3.68. The fraction of sp³-hybridized carbons (Fsp3) is 0.258. The molecule has 0 saturated carbocycles. The SMILES string of the molecule is Cc1cc(N2C(=S)N[C@@H](c3ccccn3)[C@H]2c2cc(C)n(-c3ccccc3Cl)c2C)ccc1NC(=O)C(C)C. The fourth-order valence-corrected chi connectivity index (χ4v) is 5.82. The number of nitrogens with zero attached hydrogens (tertiary/aromatic N) is 3. The molecular formula is C31H32ClN5OS. The van der Waals surface area contributed by atoms with Gasteiger partial charge in [-0.2, -0.15) is 0 Å².